The van der Waals surface area contributed by atoms with E-state index in [1.807, 2.05) is 0 Å². The predicted octanol–water partition coefficient (Wildman–Crippen LogP) is 4.05. The van der Waals surface area contributed by atoms with Gasteiger partial charge in [0.15, 0.2) is 5.69 Å². The number of hydrogen-bond donors (Lipinski definition) is 1. The number of rotatable bonds is 3. The van der Waals surface area contributed by atoms with E-state index < -0.39 is 11.7 Å². The normalized spacial score (nSPS) is 11.7. The van der Waals surface area contributed by atoms with Crippen LogP contribution in [0.4, 0.5) is 13.2 Å². The van der Waals surface area contributed by atoms with Gasteiger partial charge in [0.1, 0.15) is 0 Å². The van der Waals surface area contributed by atoms with Crippen molar-refractivity contribution >= 4 is 28.8 Å². The summed E-state index contributed by atoms with van der Waals surface area (Å²) in [4.78, 5) is 12.1. The lowest BCUT2D eigenvalue weighted by atomic mass is 10.2. The number of hydrogen-bond acceptors (Lipinski definition) is 3. The van der Waals surface area contributed by atoms with Crippen LogP contribution in [0, 0.1) is 0 Å². The summed E-state index contributed by atoms with van der Waals surface area (Å²) in [7, 11) is 0. The minimum Gasteiger partial charge on any atom is -0.295 e. The van der Waals surface area contributed by atoms with Crippen LogP contribution in [-0.2, 0) is 6.18 Å². The van der Waals surface area contributed by atoms with Gasteiger partial charge in [-0.3, -0.25) is 9.52 Å². The number of para-hydroxylation sites is 1. The molecule has 0 atom stereocenters. The number of aromatic nitrogens is 2. The molecule has 0 aliphatic rings. The first-order valence-electron chi connectivity index (χ1n) is 6.90. The van der Waals surface area contributed by atoms with Crippen molar-refractivity contribution < 1.29 is 18.0 Å². The minimum atomic E-state index is -4.39. The molecule has 1 heterocycles. The van der Waals surface area contributed by atoms with Gasteiger partial charge in [-0.1, -0.05) is 30.1 Å². The summed E-state index contributed by atoms with van der Waals surface area (Å²) < 4.78 is 42.1. The number of alkyl halides is 3. The van der Waals surface area contributed by atoms with Gasteiger partial charge in [0, 0.05) is 11.6 Å². The molecule has 0 saturated carbocycles. The van der Waals surface area contributed by atoms with Crippen molar-refractivity contribution in [1.29, 1.82) is 0 Å². The van der Waals surface area contributed by atoms with Crippen LogP contribution < -0.4 is 4.72 Å². The number of halogens is 3. The first-order chi connectivity index (χ1) is 11.4. The van der Waals surface area contributed by atoms with Crippen molar-refractivity contribution in [2.24, 2.45) is 0 Å². The number of amides is 1. The summed E-state index contributed by atoms with van der Waals surface area (Å²) in [6.07, 6.45) is -2.68. The summed E-state index contributed by atoms with van der Waals surface area (Å²) in [5.41, 5.74) is 0.578. The molecule has 3 aromatic rings. The van der Waals surface area contributed by atoms with Gasteiger partial charge in [-0.15, -0.1) is 0 Å². The lowest BCUT2D eigenvalue weighted by molar-refractivity contribution is -0.137. The monoisotopic (exact) mass is 351 g/mol. The zero-order chi connectivity index (χ0) is 17.3. The molecule has 24 heavy (non-hydrogen) atoms. The molecule has 1 aromatic heterocycles. The molecule has 0 aliphatic carbocycles. The van der Waals surface area contributed by atoms with Crippen LogP contribution in [0.25, 0.3) is 16.6 Å². The molecule has 0 radical (unpaired) electrons. The lowest BCUT2D eigenvalue weighted by Gasteiger charge is -2.08. The van der Waals surface area contributed by atoms with Gasteiger partial charge in [0.05, 0.1) is 16.8 Å². The number of nitrogens with one attached hydrogen (secondary N) is 1. The average molecular weight is 351 g/mol. The van der Waals surface area contributed by atoms with E-state index >= 15 is 0 Å². The van der Waals surface area contributed by atoms with E-state index in [1.165, 1.54) is 16.8 Å². The van der Waals surface area contributed by atoms with Crippen LogP contribution in [-0.4, -0.2) is 21.9 Å². The number of benzene rings is 2. The molecule has 0 bridgehead atoms. The zero-order valence-electron chi connectivity index (χ0n) is 12.5. The highest BCUT2D eigenvalue weighted by Crippen LogP contribution is 2.30. The summed E-state index contributed by atoms with van der Waals surface area (Å²) in [6, 6.07) is 11.7. The van der Waals surface area contributed by atoms with Crippen molar-refractivity contribution in [3.8, 4) is 5.69 Å². The van der Waals surface area contributed by atoms with E-state index in [0.717, 1.165) is 24.1 Å². The van der Waals surface area contributed by atoms with E-state index in [2.05, 4.69) is 9.82 Å². The highest BCUT2D eigenvalue weighted by Gasteiger charge is 2.30. The van der Waals surface area contributed by atoms with Gasteiger partial charge in [-0.05, 0) is 30.3 Å². The molecule has 0 spiro atoms. The maximum absolute atomic E-state index is 12.7. The van der Waals surface area contributed by atoms with E-state index in [-0.39, 0.29) is 11.6 Å². The van der Waals surface area contributed by atoms with Crippen molar-refractivity contribution in [2.45, 2.75) is 6.18 Å². The van der Waals surface area contributed by atoms with E-state index in [4.69, 9.17) is 0 Å². The Balaban J connectivity index is 2.11. The Bertz CT molecular complexity index is 888. The molecule has 4 nitrogen and oxygen atoms in total. The van der Waals surface area contributed by atoms with E-state index in [0.29, 0.717) is 16.6 Å². The van der Waals surface area contributed by atoms with Gasteiger partial charge >= 0.3 is 6.18 Å². The third-order valence-electron chi connectivity index (χ3n) is 3.44. The first kappa shape index (κ1) is 16.4. The molecule has 8 heteroatoms. The molecule has 0 saturated heterocycles. The van der Waals surface area contributed by atoms with Crippen molar-refractivity contribution in [3.63, 3.8) is 0 Å². The van der Waals surface area contributed by atoms with Crippen molar-refractivity contribution in [2.75, 3.05) is 6.26 Å². The summed E-state index contributed by atoms with van der Waals surface area (Å²) in [5, 5.41) is 4.91. The highest BCUT2D eigenvalue weighted by atomic mass is 32.2. The SMILES string of the molecule is CSNC(=O)c1nn(-c2ccc(C(F)(F)F)cc2)c2ccccc12. The Morgan fingerprint density at radius 3 is 2.42 bits per heavy atom. The van der Waals surface area contributed by atoms with E-state index in [9.17, 15) is 18.0 Å². The second-order valence-corrected chi connectivity index (χ2v) is 5.57. The molecule has 1 N–H and O–H groups in total. The Labute approximate surface area is 139 Å². The van der Waals surface area contributed by atoms with Crippen LogP contribution in [0.1, 0.15) is 16.1 Å². The number of carbonyl (C=O) groups excluding carboxylic acids is 1. The summed E-state index contributed by atoms with van der Waals surface area (Å²) in [6.45, 7) is 0. The molecular weight excluding hydrogens is 339 g/mol. The Morgan fingerprint density at radius 1 is 1.12 bits per heavy atom. The largest absolute Gasteiger partial charge is 0.416 e. The standard InChI is InChI=1S/C16H12F3N3OS/c1-24-21-15(23)14-12-4-2-3-5-13(12)22(20-14)11-8-6-10(7-9-11)16(17,18)19/h2-9H,1H3,(H,21,23). The van der Waals surface area contributed by atoms with Crippen LogP contribution in [0.3, 0.4) is 0 Å². The van der Waals surface area contributed by atoms with Crippen LogP contribution in [0.2, 0.25) is 0 Å². The number of nitrogens with zero attached hydrogens (tertiary/aromatic N) is 2. The minimum absolute atomic E-state index is 0.222. The second kappa shape index (κ2) is 6.20. The molecule has 0 unspecified atom stereocenters. The van der Waals surface area contributed by atoms with Gasteiger partial charge in [0.25, 0.3) is 5.91 Å². The molecule has 0 aliphatic heterocycles. The molecule has 1 amide bonds. The number of fused-ring (bicyclic) bond motifs is 1. The fourth-order valence-corrected chi connectivity index (χ4v) is 2.65. The quantitative estimate of drug-likeness (QED) is 0.724. The number of carbonyl (C=O) groups is 1. The maximum atomic E-state index is 12.7. The van der Waals surface area contributed by atoms with Gasteiger partial charge in [-0.25, -0.2) is 4.68 Å². The van der Waals surface area contributed by atoms with Crippen LogP contribution in [0.15, 0.2) is 48.5 Å². The predicted molar refractivity (Wildman–Crippen MR) is 87.1 cm³/mol. The molecule has 124 valence electrons. The fourth-order valence-electron chi connectivity index (χ4n) is 2.36. The molecule has 0 fully saturated rings. The molecular formula is C16H12F3N3OS. The molecule has 2 aromatic carbocycles. The summed E-state index contributed by atoms with van der Waals surface area (Å²) in [5.74, 6) is -0.357. The Hall–Kier alpha value is -2.48. The Kier molecular flexibility index (Phi) is 4.23. The third kappa shape index (κ3) is 2.96. The molecule has 3 rings (SSSR count). The smallest absolute Gasteiger partial charge is 0.295 e. The van der Waals surface area contributed by atoms with Crippen LogP contribution in [0.5, 0.6) is 0 Å². The second-order valence-electron chi connectivity index (χ2n) is 4.96. The maximum Gasteiger partial charge on any atom is 0.416 e. The lowest BCUT2D eigenvalue weighted by Crippen LogP contribution is -2.16. The highest BCUT2D eigenvalue weighted by molar-refractivity contribution is 7.97. The average Bonchev–Trinajstić information content (AvgIpc) is 2.94. The van der Waals surface area contributed by atoms with Gasteiger partial charge in [-0.2, -0.15) is 18.3 Å². The topological polar surface area (TPSA) is 46.9 Å². The van der Waals surface area contributed by atoms with Gasteiger partial charge in [0.2, 0.25) is 0 Å². The Morgan fingerprint density at radius 2 is 1.79 bits per heavy atom. The summed E-state index contributed by atoms with van der Waals surface area (Å²) >= 11 is 1.15. The zero-order valence-corrected chi connectivity index (χ0v) is 13.3. The third-order valence-corrected chi connectivity index (χ3v) is 3.83. The van der Waals surface area contributed by atoms with E-state index in [1.54, 1.807) is 30.5 Å². The van der Waals surface area contributed by atoms with Gasteiger partial charge < -0.3 is 0 Å². The van der Waals surface area contributed by atoms with Crippen molar-refractivity contribution in [1.82, 2.24) is 14.5 Å². The van der Waals surface area contributed by atoms with Crippen LogP contribution >= 0.6 is 11.9 Å². The fraction of sp³-hybridized carbons (Fsp3) is 0.125. The van der Waals surface area contributed by atoms with Crippen molar-refractivity contribution in [3.05, 3.63) is 59.8 Å². The first-order valence-corrected chi connectivity index (χ1v) is 8.13.